The number of allylic oxidation sites excluding steroid dienone is 2. The first-order valence-electron chi connectivity index (χ1n) is 10.5. The minimum Gasteiger partial charge on any atom is -0.453 e. The van der Waals surface area contributed by atoms with E-state index < -0.39 is 0 Å². The van der Waals surface area contributed by atoms with Gasteiger partial charge in [-0.15, -0.1) is 0 Å². The zero-order valence-electron chi connectivity index (χ0n) is 18.7. The van der Waals surface area contributed by atoms with Crippen LogP contribution in [-0.2, 0) is 4.79 Å². The van der Waals surface area contributed by atoms with E-state index in [9.17, 15) is 4.79 Å². The smallest absolute Gasteiger partial charge is 0.222 e. The predicted molar refractivity (Wildman–Crippen MR) is 130 cm³/mol. The Bertz CT molecular complexity index is 907. The minimum absolute atomic E-state index is 0.313. The minimum atomic E-state index is 0.313. The molecule has 1 aliphatic heterocycles. The second kappa shape index (κ2) is 12.9. The predicted octanol–water partition coefficient (Wildman–Crippen LogP) is 6.22. The highest BCUT2D eigenvalue weighted by Crippen LogP contribution is 2.32. The maximum atomic E-state index is 10.9. The van der Waals surface area contributed by atoms with E-state index in [1.54, 1.807) is 6.20 Å². The Balaban J connectivity index is 0.000000316. The fraction of sp³-hybridized carbons (Fsp3) is 0.375. The SMILES string of the molecule is C/C=C(/C)N/C(C)=N/c1ncc(Br)cc1Oc1ccccc1.CCC(=O)N1CCCC1. The summed E-state index contributed by atoms with van der Waals surface area (Å²) in [7, 11) is 0. The molecule has 0 saturated carbocycles. The number of halogens is 1. The number of ether oxygens (including phenoxy) is 1. The molecule has 1 saturated heterocycles. The van der Waals surface area contributed by atoms with Crippen molar-refractivity contribution < 1.29 is 9.53 Å². The van der Waals surface area contributed by atoms with Crippen molar-refractivity contribution in [1.82, 2.24) is 15.2 Å². The van der Waals surface area contributed by atoms with Crippen molar-refractivity contribution >= 4 is 33.5 Å². The van der Waals surface area contributed by atoms with Crippen LogP contribution in [0.1, 0.15) is 47.0 Å². The number of nitrogens with zero attached hydrogens (tertiary/aromatic N) is 3. The molecular formula is C24H31BrN4O2. The van der Waals surface area contributed by atoms with Crippen LogP contribution in [0.4, 0.5) is 5.82 Å². The van der Waals surface area contributed by atoms with Crippen LogP contribution in [-0.4, -0.2) is 34.7 Å². The highest BCUT2D eigenvalue weighted by atomic mass is 79.9. The monoisotopic (exact) mass is 486 g/mol. The van der Waals surface area contributed by atoms with Crippen molar-refractivity contribution in [3.8, 4) is 11.5 Å². The molecule has 166 valence electrons. The Labute approximate surface area is 193 Å². The number of pyridine rings is 1. The molecule has 2 aromatic rings. The summed E-state index contributed by atoms with van der Waals surface area (Å²) in [5.74, 6) is 2.94. The number of benzene rings is 1. The summed E-state index contributed by atoms with van der Waals surface area (Å²) < 4.78 is 6.72. The zero-order chi connectivity index (χ0) is 22.6. The van der Waals surface area contributed by atoms with E-state index >= 15 is 0 Å². The van der Waals surface area contributed by atoms with Gasteiger partial charge < -0.3 is 15.0 Å². The van der Waals surface area contributed by atoms with Gasteiger partial charge in [0.05, 0.1) is 0 Å². The van der Waals surface area contributed by atoms with Crippen molar-refractivity contribution in [2.75, 3.05) is 13.1 Å². The van der Waals surface area contributed by atoms with Crippen LogP contribution in [0.2, 0.25) is 0 Å². The van der Waals surface area contributed by atoms with Gasteiger partial charge in [-0.3, -0.25) is 4.79 Å². The summed E-state index contributed by atoms with van der Waals surface area (Å²) in [4.78, 5) is 21.7. The van der Waals surface area contributed by atoms with Crippen molar-refractivity contribution in [3.05, 3.63) is 58.8 Å². The third kappa shape index (κ3) is 8.53. The van der Waals surface area contributed by atoms with E-state index in [0.717, 1.165) is 34.8 Å². The van der Waals surface area contributed by atoms with E-state index in [0.29, 0.717) is 23.9 Å². The zero-order valence-corrected chi connectivity index (χ0v) is 20.3. The molecule has 1 aromatic heterocycles. The van der Waals surface area contributed by atoms with Crippen LogP contribution in [0.25, 0.3) is 0 Å². The fourth-order valence-corrected chi connectivity index (χ4v) is 3.23. The Morgan fingerprint density at radius 2 is 1.94 bits per heavy atom. The average molecular weight is 487 g/mol. The maximum absolute atomic E-state index is 10.9. The van der Waals surface area contributed by atoms with Gasteiger partial charge in [0.2, 0.25) is 5.91 Å². The molecule has 31 heavy (non-hydrogen) atoms. The molecular weight excluding hydrogens is 456 g/mol. The number of hydrogen-bond donors (Lipinski definition) is 1. The second-order valence-electron chi connectivity index (χ2n) is 7.13. The van der Waals surface area contributed by atoms with E-state index in [2.05, 4.69) is 31.2 Å². The van der Waals surface area contributed by atoms with Gasteiger partial charge in [0.15, 0.2) is 11.6 Å². The van der Waals surface area contributed by atoms with E-state index in [1.165, 1.54) is 12.8 Å². The van der Waals surface area contributed by atoms with Gasteiger partial charge in [0.1, 0.15) is 11.6 Å². The molecule has 0 radical (unpaired) electrons. The molecule has 1 amide bonds. The van der Waals surface area contributed by atoms with Gasteiger partial charge in [0.25, 0.3) is 0 Å². The molecule has 0 unspecified atom stereocenters. The summed E-state index contributed by atoms with van der Waals surface area (Å²) in [6, 6.07) is 11.4. The third-order valence-electron chi connectivity index (χ3n) is 4.62. The summed E-state index contributed by atoms with van der Waals surface area (Å²) in [5, 5.41) is 3.19. The standard InChI is InChI=1S/C17H18BrN3O.C7H13NO/c1-4-12(2)20-13(3)21-17-16(10-14(18)11-19-17)22-15-8-6-5-7-9-15;1-2-7(9)8-5-3-4-6-8/h4-11H,1-3H3,(H,19,20,21);2-6H2,1H3/b12-4-;. The Kier molecular flexibility index (Phi) is 10.2. The molecule has 0 spiro atoms. The number of amidine groups is 1. The first-order chi connectivity index (χ1) is 14.9. The van der Waals surface area contributed by atoms with Crippen molar-refractivity contribution in [3.63, 3.8) is 0 Å². The average Bonchev–Trinajstić information content (AvgIpc) is 3.31. The topological polar surface area (TPSA) is 66.8 Å². The highest BCUT2D eigenvalue weighted by molar-refractivity contribution is 9.10. The number of para-hydroxylation sites is 1. The fourth-order valence-electron chi connectivity index (χ4n) is 2.92. The van der Waals surface area contributed by atoms with Gasteiger partial charge >= 0.3 is 0 Å². The summed E-state index contributed by atoms with van der Waals surface area (Å²) >= 11 is 3.41. The summed E-state index contributed by atoms with van der Waals surface area (Å²) in [6.07, 6.45) is 6.75. The van der Waals surface area contributed by atoms with Crippen LogP contribution >= 0.6 is 15.9 Å². The Morgan fingerprint density at radius 1 is 1.26 bits per heavy atom. The molecule has 7 heteroatoms. The first kappa shape index (κ1) is 24.6. The first-order valence-corrected chi connectivity index (χ1v) is 11.3. The van der Waals surface area contributed by atoms with Gasteiger partial charge in [-0.05, 0) is 61.7 Å². The van der Waals surface area contributed by atoms with Gasteiger partial charge in [-0.1, -0.05) is 31.2 Å². The third-order valence-corrected chi connectivity index (χ3v) is 5.05. The number of likely N-dealkylation sites (tertiary alicyclic amines) is 1. The van der Waals surface area contributed by atoms with Crippen LogP contribution in [0.15, 0.2) is 63.8 Å². The number of aromatic nitrogens is 1. The number of carbonyl (C=O) groups excluding carboxylic acids is 1. The van der Waals surface area contributed by atoms with E-state index in [-0.39, 0.29) is 0 Å². The van der Waals surface area contributed by atoms with Crippen molar-refractivity contribution in [1.29, 1.82) is 0 Å². The van der Waals surface area contributed by atoms with Crippen LogP contribution in [0, 0.1) is 0 Å². The van der Waals surface area contributed by atoms with E-state index in [4.69, 9.17) is 4.74 Å². The molecule has 0 atom stereocenters. The largest absolute Gasteiger partial charge is 0.453 e. The Hall–Kier alpha value is -2.67. The summed E-state index contributed by atoms with van der Waals surface area (Å²) in [5.41, 5.74) is 1.03. The van der Waals surface area contributed by atoms with Crippen molar-refractivity contribution in [2.45, 2.75) is 47.0 Å². The lowest BCUT2D eigenvalue weighted by Crippen LogP contribution is -2.26. The molecule has 6 nitrogen and oxygen atoms in total. The number of amides is 1. The molecule has 1 fully saturated rings. The number of nitrogens with one attached hydrogen (secondary N) is 1. The molecule has 0 aliphatic carbocycles. The quantitative estimate of drug-likeness (QED) is 0.402. The molecule has 0 bridgehead atoms. The lowest BCUT2D eigenvalue weighted by atomic mass is 10.3. The molecule has 1 aliphatic rings. The van der Waals surface area contributed by atoms with Gasteiger partial charge in [-0.2, -0.15) is 0 Å². The van der Waals surface area contributed by atoms with Crippen molar-refractivity contribution in [2.24, 2.45) is 4.99 Å². The lowest BCUT2D eigenvalue weighted by Gasteiger charge is -2.12. The second-order valence-corrected chi connectivity index (χ2v) is 8.04. The lowest BCUT2D eigenvalue weighted by molar-refractivity contribution is -0.129. The summed E-state index contributed by atoms with van der Waals surface area (Å²) in [6.45, 7) is 9.75. The maximum Gasteiger partial charge on any atom is 0.222 e. The molecule has 1 aromatic carbocycles. The highest BCUT2D eigenvalue weighted by Gasteiger charge is 2.15. The number of hydrogen-bond acceptors (Lipinski definition) is 4. The Morgan fingerprint density at radius 3 is 2.55 bits per heavy atom. The van der Waals surface area contributed by atoms with Crippen LogP contribution in [0.5, 0.6) is 11.5 Å². The molecule has 2 heterocycles. The normalized spacial score (nSPS) is 14.0. The number of carbonyl (C=O) groups is 1. The van der Waals surface area contributed by atoms with Gasteiger partial charge in [0, 0.05) is 41.9 Å². The van der Waals surface area contributed by atoms with Gasteiger partial charge in [-0.25, -0.2) is 9.98 Å². The number of rotatable bonds is 5. The van der Waals surface area contributed by atoms with Crippen LogP contribution in [0.3, 0.4) is 0 Å². The van der Waals surface area contributed by atoms with Crippen LogP contribution < -0.4 is 10.1 Å². The van der Waals surface area contributed by atoms with E-state index in [1.807, 2.05) is 75.1 Å². The number of aliphatic imine (C=N–C) groups is 1. The molecule has 3 rings (SSSR count). The molecule has 1 N–H and O–H groups in total.